The molecule has 288 valence electrons. The van der Waals surface area contributed by atoms with Gasteiger partial charge in [-0.05, 0) is 78.9 Å². The van der Waals surface area contributed by atoms with Gasteiger partial charge in [-0.25, -0.2) is 4.79 Å². The number of carboxylic acid groups (broad SMARTS) is 1. The summed E-state index contributed by atoms with van der Waals surface area (Å²) in [4.78, 5) is 63.9. The molecule has 0 spiro atoms. The van der Waals surface area contributed by atoms with E-state index in [9.17, 15) is 39.3 Å². The maximum Gasteiger partial charge on any atom is 0.339 e. The van der Waals surface area contributed by atoms with Crippen molar-refractivity contribution in [2.75, 3.05) is 30.2 Å². The van der Waals surface area contributed by atoms with Gasteiger partial charge in [-0.2, -0.15) is 0 Å². The minimum atomic E-state index is -1.40. The summed E-state index contributed by atoms with van der Waals surface area (Å²) in [5.41, 5.74) is 2.82. The second-order valence-electron chi connectivity index (χ2n) is 12.8. The molecular formula is C43H41N3O10. The lowest BCUT2D eigenvalue weighted by Gasteiger charge is -2.16. The fourth-order valence-electron chi connectivity index (χ4n) is 6.00. The molecule has 56 heavy (non-hydrogen) atoms. The van der Waals surface area contributed by atoms with Gasteiger partial charge in [-0.3, -0.25) is 19.2 Å². The molecule has 0 saturated carbocycles. The number of carboxylic acids is 1. The average Bonchev–Trinajstić information content (AvgIpc) is 3.20. The summed E-state index contributed by atoms with van der Waals surface area (Å²) in [6, 6.07) is 28.6. The SMILES string of the molecule is CCC(CC(=O)c1ccc(CCc2ccccc2)cc1)C(=O)Nc1ccc(C(=O)Nc2ccc(C(=O)Nc3ccc(C(=O)O)c(O)c3OC)c(O)c2OC)cc1. The van der Waals surface area contributed by atoms with Gasteiger partial charge in [0.05, 0.1) is 31.2 Å². The van der Waals surface area contributed by atoms with Crippen LogP contribution in [0.25, 0.3) is 0 Å². The number of carbonyl (C=O) groups excluding carboxylic acids is 4. The third kappa shape index (κ3) is 9.49. The molecule has 13 heteroatoms. The molecule has 0 saturated heterocycles. The third-order valence-corrected chi connectivity index (χ3v) is 9.17. The van der Waals surface area contributed by atoms with Gasteiger partial charge in [0.1, 0.15) is 5.56 Å². The van der Waals surface area contributed by atoms with Gasteiger partial charge in [-0.1, -0.05) is 61.5 Å². The van der Waals surface area contributed by atoms with Crippen molar-refractivity contribution >= 4 is 46.5 Å². The molecule has 0 aliphatic carbocycles. The zero-order valence-corrected chi connectivity index (χ0v) is 30.9. The Morgan fingerprint density at radius 3 is 1.68 bits per heavy atom. The van der Waals surface area contributed by atoms with Crippen molar-refractivity contribution in [2.24, 2.45) is 5.92 Å². The monoisotopic (exact) mass is 759 g/mol. The van der Waals surface area contributed by atoms with Crippen LogP contribution in [-0.4, -0.2) is 59.0 Å². The Morgan fingerprint density at radius 2 is 1.12 bits per heavy atom. The van der Waals surface area contributed by atoms with Gasteiger partial charge >= 0.3 is 5.97 Å². The smallest absolute Gasteiger partial charge is 0.339 e. The van der Waals surface area contributed by atoms with Crippen LogP contribution in [0.3, 0.4) is 0 Å². The Bertz CT molecular complexity index is 2240. The van der Waals surface area contributed by atoms with Crippen molar-refractivity contribution in [1.82, 2.24) is 0 Å². The molecule has 1 atom stereocenters. The van der Waals surface area contributed by atoms with Crippen LogP contribution in [0.15, 0.2) is 103 Å². The molecule has 5 aromatic rings. The number of aryl methyl sites for hydroxylation is 2. The molecular weight excluding hydrogens is 718 g/mol. The number of Topliss-reactive ketones (excluding diaryl/α,β-unsaturated/α-hetero) is 1. The molecule has 5 aromatic carbocycles. The number of anilines is 3. The maximum absolute atomic E-state index is 13.2. The zero-order valence-electron chi connectivity index (χ0n) is 30.9. The van der Waals surface area contributed by atoms with E-state index in [0.29, 0.717) is 17.7 Å². The Balaban J connectivity index is 1.18. The molecule has 0 bridgehead atoms. The van der Waals surface area contributed by atoms with Crippen molar-refractivity contribution in [3.05, 3.63) is 137 Å². The first-order valence-corrected chi connectivity index (χ1v) is 17.7. The van der Waals surface area contributed by atoms with Crippen LogP contribution < -0.4 is 25.4 Å². The highest BCUT2D eigenvalue weighted by Crippen LogP contribution is 2.40. The number of aromatic carboxylic acids is 1. The van der Waals surface area contributed by atoms with E-state index >= 15 is 0 Å². The summed E-state index contributed by atoms with van der Waals surface area (Å²) in [6.07, 6.45) is 2.24. The Morgan fingerprint density at radius 1 is 0.607 bits per heavy atom. The van der Waals surface area contributed by atoms with Gasteiger partial charge in [0.15, 0.2) is 28.8 Å². The van der Waals surface area contributed by atoms with Crippen LogP contribution in [0.4, 0.5) is 17.1 Å². The lowest BCUT2D eigenvalue weighted by atomic mass is 9.94. The summed E-state index contributed by atoms with van der Waals surface area (Å²) < 4.78 is 10.4. The first-order chi connectivity index (χ1) is 26.9. The second-order valence-corrected chi connectivity index (χ2v) is 12.8. The van der Waals surface area contributed by atoms with Crippen molar-refractivity contribution in [3.8, 4) is 23.0 Å². The van der Waals surface area contributed by atoms with E-state index in [1.807, 2.05) is 37.3 Å². The van der Waals surface area contributed by atoms with Crippen molar-refractivity contribution in [1.29, 1.82) is 0 Å². The predicted molar refractivity (Wildman–Crippen MR) is 210 cm³/mol. The number of carbonyl (C=O) groups is 5. The van der Waals surface area contributed by atoms with Gasteiger partial charge in [0.2, 0.25) is 5.91 Å². The Labute approximate surface area is 322 Å². The number of amides is 3. The number of methoxy groups -OCH3 is 2. The number of phenolic OH excluding ortho intramolecular Hbond substituents is 1. The summed E-state index contributed by atoms with van der Waals surface area (Å²) >= 11 is 0. The first kappa shape index (κ1) is 40.0. The van der Waals surface area contributed by atoms with Crippen molar-refractivity contribution in [3.63, 3.8) is 0 Å². The van der Waals surface area contributed by atoms with Gasteiger partial charge in [0, 0.05) is 29.2 Å². The lowest BCUT2D eigenvalue weighted by molar-refractivity contribution is -0.119. The standard InChI is InChI=1S/C43H41N3O10/c1-4-27(24-35(47)28-14-12-26(13-15-28)11-10-25-8-6-5-7-9-25)40(50)44-30-18-16-29(17-19-30)41(51)45-33-22-20-31(36(48)38(33)55-2)42(52)46-34-23-21-32(43(53)54)37(49)39(34)56-3/h5-9,12-23,27,48-49H,4,10-11,24H2,1-3H3,(H,44,50)(H,45,51)(H,46,52)(H,53,54). The second kappa shape index (κ2) is 18.3. The van der Waals surface area contributed by atoms with E-state index in [0.717, 1.165) is 24.5 Å². The van der Waals surface area contributed by atoms with E-state index in [2.05, 4.69) is 28.1 Å². The van der Waals surface area contributed by atoms with E-state index in [-0.39, 0.29) is 52.1 Å². The molecule has 3 amide bonds. The fourth-order valence-corrected chi connectivity index (χ4v) is 6.00. The quantitative estimate of drug-likeness (QED) is 0.0553. The number of aromatic hydroxyl groups is 2. The van der Waals surface area contributed by atoms with E-state index < -0.39 is 40.8 Å². The van der Waals surface area contributed by atoms with Crippen molar-refractivity contribution < 1.29 is 48.8 Å². The van der Waals surface area contributed by atoms with Gasteiger partial charge < -0.3 is 40.7 Å². The third-order valence-electron chi connectivity index (χ3n) is 9.17. The molecule has 0 heterocycles. The van der Waals surface area contributed by atoms with Crippen LogP contribution >= 0.6 is 0 Å². The lowest BCUT2D eigenvalue weighted by Crippen LogP contribution is -2.25. The summed E-state index contributed by atoms with van der Waals surface area (Å²) in [6.45, 7) is 1.84. The van der Waals surface area contributed by atoms with E-state index in [1.165, 1.54) is 50.1 Å². The minimum absolute atomic E-state index is 0.0407. The van der Waals surface area contributed by atoms with Gasteiger partial charge in [0.25, 0.3) is 11.8 Å². The number of ketones is 1. The first-order valence-electron chi connectivity index (χ1n) is 17.7. The van der Waals surface area contributed by atoms with E-state index in [1.54, 1.807) is 24.3 Å². The largest absolute Gasteiger partial charge is 0.504 e. The Kier molecular flexibility index (Phi) is 13.1. The molecule has 13 nitrogen and oxygen atoms in total. The molecule has 6 N–H and O–H groups in total. The summed E-state index contributed by atoms with van der Waals surface area (Å²) in [5.74, 6) is -5.68. The molecule has 0 aromatic heterocycles. The van der Waals surface area contributed by atoms with Crippen LogP contribution in [0, 0.1) is 5.92 Å². The number of nitrogens with one attached hydrogen (secondary N) is 3. The number of hydrogen-bond donors (Lipinski definition) is 6. The van der Waals surface area contributed by atoms with Crippen LogP contribution in [0.1, 0.15) is 72.3 Å². The molecule has 1 unspecified atom stereocenters. The Hall–Kier alpha value is -7.15. The van der Waals surface area contributed by atoms with Crippen LogP contribution in [0.5, 0.6) is 23.0 Å². The van der Waals surface area contributed by atoms with Gasteiger partial charge in [-0.15, -0.1) is 0 Å². The number of hydrogen-bond acceptors (Lipinski definition) is 9. The van der Waals surface area contributed by atoms with Crippen LogP contribution in [-0.2, 0) is 17.6 Å². The highest BCUT2D eigenvalue weighted by Gasteiger charge is 2.25. The molecule has 5 rings (SSSR count). The summed E-state index contributed by atoms with van der Waals surface area (Å²) in [5, 5.41) is 38.3. The highest BCUT2D eigenvalue weighted by molar-refractivity contribution is 6.10. The predicted octanol–water partition coefficient (Wildman–Crippen LogP) is 7.34. The number of benzene rings is 5. The van der Waals surface area contributed by atoms with Crippen molar-refractivity contribution in [2.45, 2.75) is 32.6 Å². The molecule has 0 fully saturated rings. The minimum Gasteiger partial charge on any atom is -0.504 e. The van der Waals surface area contributed by atoms with Crippen LogP contribution in [0.2, 0.25) is 0 Å². The molecule has 0 aliphatic heterocycles. The zero-order chi connectivity index (χ0) is 40.4. The molecule has 0 aliphatic rings. The topological polar surface area (TPSA) is 201 Å². The highest BCUT2D eigenvalue weighted by atomic mass is 16.5. The normalized spacial score (nSPS) is 11.2. The van der Waals surface area contributed by atoms with E-state index in [4.69, 9.17) is 9.47 Å². The summed E-state index contributed by atoms with van der Waals surface area (Å²) in [7, 11) is 2.41. The fraction of sp³-hybridized carbons (Fsp3) is 0.186. The maximum atomic E-state index is 13.2. The average molecular weight is 760 g/mol. The molecule has 0 radical (unpaired) electrons. The number of rotatable bonds is 16. The number of ether oxygens (including phenoxy) is 2. The number of phenols is 2.